The number of benzene rings is 1. The Labute approximate surface area is 127 Å². The fourth-order valence-corrected chi connectivity index (χ4v) is 2.59. The summed E-state index contributed by atoms with van der Waals surface area (Å²) < 4.78 is 0.460. The molecule has 1 atom stereocenters. The SMILES string of the molecule is O=C(NC(C(=O)O)c1cccs1)c1ccc(Br)c(O)c1. The molecule has 0 aliphatic heterocycles. The topological polar surface area (TPSA) is 86.6 Å². The second-order valence-electron chi connectivity index (χ2n) is 3.93. The summed E-state index contributed by atoms with van der Waals surface area (Å²) in [7, 11) is 0. The number of halogens is 1. The standard InChI is InChI=1S/C13H10BrNO4S/c14-8-4-3-7(6-9(8)16)12(17)15-11(13(18)19)10-2-1-5-20-10/h1-6,11,16H,(H,15,17)(H,18,19). The van der Waals surface area contributed by atoms with E-state index in [0.29, 0.717) is 9.35 Å². The Morgan fingerprint density at radius 3 is 2.60 bits per heavy atom. The molecule has 0 saturated heterocycles. The Morgan fingerprint density at radius 1 is 1.30 bits per heavy atom. The zero-order valence-electron chi connectivity index (χ0n) is 10.0. The van der Waals surface area contributed by atoms with E-state index in [4.69, 9.17) is 0 Å². The smallest absolute Gasteiger partial charge is 0.331 e. The van der Waals surface area contributed by atoms with Gasteiger partial charge in [0.15, 0.2) is 6.04 Å². The van der Waals surface area contributed by atoms with Crippen molar-refractivity contribution in [1.29, 1.82) is 0 Å². The first-order valence-electron chi connectivity index (χ1n) is 5.54. The minimum Gasteiger partial charge on any atom is -0.507 e. The van der Waals surface area contributed by atoms with Gasteiger partial charge in [0, 0.05) is 10.4 Å². The number of carbonyl (C=O) groups is 2. The van der Waals surface area contributed by atoms with Crippen molar-refractivity contribution in [1.82, 2.24) is 5.32 Å². The normalized spacial score (nSPS) is 11.8. The van der Waals surface area contributed by atoms with Gasteiger partial charge in [0.1, 0.15) is 5.75 Å². The van der Waals surface area contributed by atoms with Crippen molar-refractivity contribution in [3.63, 3.8) is 0 Å². The monoisotopic (exact) mass is 355 g/mol. The number of amides is 1. The molecule has 0 bridgehead atoms. The average molecular weight is 356 g/mol. The van der Waals surface area contributed by atoms with Gasteiger partial charge in [0.2, 0.25) is 0 Å². The molecule has 2 aromatic rings. The molecule has 1 aromatic carbocycles. The van der Waals surface area contributed by atoms with Gasteiger partial charge in [-0.15, -0.1) is 11.3 Å². The fourth-order valence-electron chi connectivity index (χ4n) is 1.58. The Morgan fingerprint density at radius 2 is 2.05 bits per heavy atom. The summed E-state index contributed by atoms with van der Waals surface area (Å²) >= 11 is 4.36. The molecule has 1 aromatic heterocycles. The summed E-state index contributed by atoms with van der Waals surface area (Å²) in [5.74, 6) is -1.78. The van der Waals surface area contributed by atoms with Crippen molar-refractivity contribution in [2.75, 3.05) is 0 Å². The van der Waals surface area contributed by atoms with Crippen LogP contribution in [0.4, 0.5) is 0 Å². The molecular formula is C13H10BrNO4S. The zero-order chi connectivity index (χ0) is 14.7. The number of hydrogen-bond donors (Lipinski definition) is 3. The average Bonchev–Trinajstić information content (AvgIpc) is 2.92. The predicted molar refractivity (Wildman–Crippen MR) is 78.0 cm³/mol. The molecule has 5 nitrogen and oxygen atoms in total. The number of rotatable bonds is 4. The van der Waals surface area contributed by atoms with E-state index < -0.39 is 17.9 Å². The Balaban J connectivity index is 2.20. The van der Waals surface area contributed by atoms with Crippen LogP contribution < -0.4 is 5.32 Å². The lowest BCUT2D eigenvalue weighted by Crippen LogP contribution is -2.33. The molecular weight excluding hydrogens is 346 g/mol. The van der Waals surface area contributed by atoms with Crippen LogP contribution in [0.15, 0.2) is 40.2 Å². The van der Waals surface area contributed by atoms with Crippen LogP contribution in [0.25, 0.3) is 0 Å². The predicted octanol–water partition coefficient (Wildman–Crippen LogP) is 2.77. The number of carbonyl (C=O) groups excluding carboxylic acids is 1. The number of hydrogen-bond acceptors (Lipinski definition) is 4. The number of nitrogens with one attached hydrogen (secondary N) is 1. The minimum atomic E-state index is -1.14. The Kier molecular flexibility index (Phi) is 4.41. The second kappa shape index (κ2) is 6.06. The summed E-state index contributed by atoms with van der Waals surface area (Å²) in [4.78, 5) is 23.8. The number of phenolic OH excluding ortho intramolecular Hbond substituents is 1. The fraction of sp³-hybridized carbons (Fsp3) is 0.0769. The van der Waals surface area contributed by atoms with Crippen molar-refractivity contribution >= 4 is 39.1 Å². The van der Waals surface area contributed by atoms with Gasteiger partial charge in [-0.25, -0.2) is 4.79 Å². The van der Waals surface area contributed by atoms with Gasteiger partial charge in [-0.1, -0.05) is 6.07 Å². The highest BCUT2D eigenvalue weighted by atomic mass is 79.9. The Hall–Kier alpha value is -1.86. The van der Waals surface area contributed by atoms with E-state index in [9.17, 15) is 19.8 Å². The van der Waals surface area contributed by atoms with E-state index in [-0.39, 0.29) is 11.3 Å². The lowest BCUT2D eigenvalue weighted by Gasteiger charge is -2.13. The first kappa shape index (κ1) is 14.5. The van der Waals surface area contributed by atoms with E-state index in [1.54, 1.807) is 17.5 Å². The highest BCUT2D eigenvalue weighted by molar-refractivity contribution is 9.10. The number of thiophene rings is 1. The van der Waals surface area contributed by atoms with E-state index in [2.05, 4.69) is 21.2 Å². The van der Waals surface area contributed by atoms with Crippen LogP contribution in [0.3, 0.4) is 0 Å². The highest BCUT2D eigenvalue weighted by Crippen LogP contribution is 2.25. The largest absolute Gasteiger partial charge is 0.507 e. The van der Waals surface area contributed by atoms with Gasteiger partial charge in [0.25, 0.3) is 5.91 Å². The van der Waals surface area contributed by atoms with Crippen LogP contribution in [0.2, 0.25) is 0 Å². The molecule has 0 saturated carbocycles. The minimum absolute atomic E-state index is 0.0827. The molecule has 1 amide bonds. The lowest BCUT2D eigenvalue weighted by atomic mass is 10.1. The summed E-state index contributed by atoms with van der Waals surface area (Å²) in [6, 6.07) is 6.54. The van der Waals surface area contributed by atoms with E-state index in [1.165, 1.54) is 29.5 Å². The molecule has 0 fully saturated rings. The molecule has 20 heavy (non-hydrogen) atoms. The quantitative estimate of drug-likeness (QED) is 0.786. The number of aromatic hydroxyl groups is 1. The summed E-state index contributed by atoms with van der Waals surface area (Å²) in [5, 5.41) is 22.9. The van der Waals surface area contributed by atoms with Gasteiger partial charge in [-0.2, -0.15) is 0 Å². The summed E-state index contributed by atoms with van der Waals surface area (Å²) in [6.07, 6.45) is 0. The third-order valence-corrected chi connectivity index (χ3v) is 4.17. The van der Waals surface area contributed by atoms with Crippen molar-refractivity contribution in [3.05, 3.63) is 50.6 Å². The maximum atomic E-state index is 12.0. The van der Waals surface area contributed by atoms with Gasteiger partial charge in [-0.05, 0) is 45.6 Å². The second-order valence-corrected chi connectivity index (χ2v) is 5.76. The maximum Gasteiger partial charge on any atom is 0.331 e. The van der Waals surface area contributed by atoms with E-state index >= 15 is 0 Å². The molecule has 0 aliphatic carbocycles. The number of phenols is 1. The van der Waals surface area contributed by atoms with Gasteiger partial charge in [-0.3, -0.25) is 4.79 Å². The number of carboxylic acid groups (broad SMARTS) is 1. The van der Waals surface area contributed by atoms with Crippen molar-refractivity contribution in [2.45, 2.75) is 6.04 Å². The van der Waals surface area contributed by atoms with Crippen molar-refractivity contribution in [3.8, 4) is 5.75 Å². The van der Waals surface area contributed by atoms with Gasteiger partial charge in [0.05, 0.1) is 4.47 Å². The molecule has 7 heteroatoms. The van der Waals surface area contributed by atoms with Crippen LogP contribution in [-0.2, 0) is 4.79 Å². The molecule has 104 valence electrons. The number of aliphatic carboxylic acids is 1. The Bertz CT molecular complexity index is 642. The van der Waals surface area contributed by atoms with Crippen molar-refractivity contribution in [2.24, 2.45) is 0 Å². The lowest BCUT2D eigenvalue weighted by molar-refractivity contribution is -0.139. The van der Waals surface area contributed by atoms with Gasteiger partial charge >= 0.3 is 5.97 Å². The van der Waals surface area contributed by atoms with Crippen LogP contribution in [-0.4, -0.2) is 22.1 Å². The van der Waals surface area contributed by atoms with Crippen LogP contribution >= 0.6 is 27.3 Å². The summed E-state index contributed by atoms with van der Waals surface area (Å²) in [5.41, 5.74) is 0.188. The molecule has 1 unspecified atom stereocenters. The first-order chi connectivity index (χ1) is 9.49. The first-order valence-corrected chi connectivity index (χ1v) is 7.22. The third-order valence-electron chi connectivity index (χ3n) is 2.56. The molecule has 1 heterocycles. The van der Waals surface area contributed by atoms with Crippen LogP contribution in [0.5, 0.6) is 5.75 Å². The molecule has 2 rings (SSSR count). The maximum absolute atomic E-state index is 12.0. The highest BCUT2D eigenvalue weighted by Gasteiger charge is 2.23. The van der Waals surface area contributed by atoms with E-state index in [1.807, 2.05) is 0 Å². The molecule has 3 N–H and O–H groups in total. The zero-order valence-corrected chi connectivity index (χ0v) is 12.4. The van der Waals surface area contributed by atoms with Gasteiger partial charge < -0.3 is 15.5 Å². The molecule has 0 spiro atoms. The van der Waals surface area contributed by atoms with E-state index in [0.717, 1.165) is 0 Å². The summed E-state index contributed by atoms with van der Waals surface area (Å²) in [6.45, 7) is 0. The molecule has 0 radical (unpaired) electrons. The van der Waals surface area contributed by atoms with Crippen LogP contribution in [0, 0.1) is 0 Å². The van der Waals surface area contributed by atoms with Crippen molar-refractivity contribution < 1.29 is 19.8 Å². The third kappa shape index (κ3) is 3.17. The molecule has 0 aliphatic rings. The van der Waals surface area contributed by atoms with Crippen LogP contribution in [0.1, 0.15) is 21.3 Å². The number of carboxylic acids is 1.